The lowest BCUT2D eigenvalue weighted by Gasteiger charge is -2.24. The third-order valence-electron chi connectivity index (χ3n) is 6.37. The van der Waals surface area contributed by atoms with E-state index >= 15 is 0 Å². The summed E-state index contributed by atoms with van der Waals surface area (Å²) in [5, 5.41) is 48.7. The Balaban J connectivity index is 2.24. The standard InChI is InChI=1S/C23H44O7/c1-2-3-6-9-17(26)12-13-20-19(21(27)14-22(20)28)10-7-4-5-8-11-23(29)30-18(15-24)16-25/h17-22,24-28H,2-16H2,1H3/t17-,19+,20+,21-,22+/m0/s1. The van der Waals surface area contributed by atoms with Crippen LogP contribution in [0.4, 0.5) is 0 Å². The molecule has 0 aromatic heterocycles. The molecule has 1 fully saturated rings. The molecule has 1 aliphatic rings. The molecule has 5 atom stereocenters. The van der Waals surface area contributed by atoms with Gasteiger partial charge in [0.2, 0.25) is 0 Å². The minimum Gasteiger partial charge on any atom is -0.457 e. The van der Waals surface area contributed by atoms with Gasteiger partial charge in [-0.3, -0.25) is 4.79 Å². The Hall–Kier alpha value is -0.730. The van der Waals surface area contributed by atoms with Gasteiger partial charge in [-0.2, -0.15) is 0 Å². The molecule has 178 valence electrons. The monoisotopic (exact) mass is 432 g/mol. The van der Waals surface area contributed by atoms with E-state index < -0.39 is 24.3 Å². The Morgan fingerprint density at radius 3 is 2.17 bits per heavy atom. The van der Waals surface area contributed by atoms with Crippen molar-refractivity contribution in [1.82, 2.24) is 0 Å². The highest BCUT2D eigenvalue weighted by atomic mass is 16.6. The average molecular weight is 433 g/mol. The highest BCUT2D eigenvalue weighted by molar-refractivity contribution is 5.69. The van der Waals surface area contributed by atoms with E-state index in [0.29, 0.717) is 19.3 Å². The summed E-state index contributed by atoms with van der Waals surface area (Å²) in [7, 11) is 0. The lowest BCUT2D eigenvalue weighted by molar-refractivity contribution is -0.153. The lowest BCUT2D eigenvalue weighted by Crippen LogP contribution is -2.25. The topological polar surface area (TPSA) is 127 Å². The number of carbonyl (C=O) groups is 1. The van der Waals surface area contributed by atoms with Crippen LogP contribution in [0.15, 0.2) is 0 Å². The Kier molecular flexibility index (Phi) is 14.5. The second-order valence-electron chi connectivity index (χ2n) is 8.85. The number of esters is 1. The molecule has 0 bridgehead atoms. The molecule has 7 nitrogen and oxygen atoms in total. The van der Waals surface area contributed by atoms with E-state index in [-0.39, 0.29) is 37.6 Å². The van der Waals surface area contributed by atoms with Gasteiger partial charge in [0.15, 0.2) is 0 Å². The van der Waals surface area contributed by atoms with Crippen LogP contribution in [-0.4, -0.2) is 69.1 Å². The van der Waals surface area contributed by atoms with E-state index in [4.69, 9.17) is 14.9 Å². The molecule has 30 heavy (non-hydrogen) atoms. The first-order chi connectivity index (χ1) is 14.4. The van der Waals surface area contributed by atoms with Crippen molar-refractivity contribution in [3.63, 3.8) is 0 Å². The van der Waals surface area contributed by atoms with Gasteiger partial charge in [0, 0.05) is 6.42 Å². The Bertz CT molecular complexity index is 441. The smallest absolute Gasteiger partial charge is 0.306 e. The molecule has 5 N–H and O–H groups in total. The minimum absolute atomic E-state index is 0.0460. The van der Waals surface area contributed by atoms with Crippen molar-refractivity contribution in [2.24, 2.45) is 11.8 Å². The third kappa shape index (κ3) is 10.5. The zero-order valence-corrected chi connectivity index (χ0v) is 18.6. The van der Waals surface area contributed by atoms with Crippen LogP contribution in [-0.2, 0) is 9.53 Å². The molecule has 0 saturated heterocycles. The van der Waals surface area contributed by atoms with E-state index in [1.807, 2.05) is 0 Å². The number of hydrogen-bond donors (Lipinski definition) is 5. The van der Waals surface area contributed by atoms with Crippen molar-refractivity contribution >= 4 is 5.97 Å². The van der Waals surface area contributed by atoms with Crippen LogP contribution >= 0.6 is 0 Å². The molecule has 1 saturated carbocycles. The van der Waals surface area contributed by atoms with Crippen LogP contribution < -0.4 is 0 Å². The van der Waals surface area contributed by atoms with E-state index in [2.05, 4.69) is 6.92 Å². The van der Waals surface area contributed by atoms with Gasteiger partial charge < -0.3 is 30.3 Å². The largest absolute Gasteiger partial charge is 0.457 e. The van der Waals surface area contributed by atoms with Crippen LogP contribution in [0.5, 0.6) is 0 Å². The summed E-state index contributed by atoms with van der Waals surface area (Å²) in [4.78, 5) is 11.6. The zero-order chi connectivity index (χ0) is 22.4. The van der Waals surface area contributed by atoms with Crippen LogP contribution in [0.25, 0.3) is 0 Å². The highest BCUT2D eigenvalue weighted by Crippen LogP contribution is 2.39. The maximum absolute atomic E-state index is 11.6. The van der Waals surface area contributed by atoms with E-state index in [0.717, 1.165) is 57.8 Å². The highest BCUT2D eigenvalue weighted by Gasteiger charge is 2.40. The van der Waals surface area contributed by atoms with Gasteiger partial charge in [-0.1, -0.05) is 45.4 Å². The molecule has 1 aliphatic carbocycles. The first-order valence-electron chi connectivity index (χ1n) is 11.9. The molecule has 0 aromatic carbocycles. The SMILES string of the molecule is CCCCC[C@H](O)CC[C@@H]1[C@@H](CCCCCCC(=O)OC(CO)CO)[C@@H](O)C[C@H]1O. The molecule has 0 aromatic rings. The second kappa shape index (κ2) is 16.0. The maximum atomic E-state index is 11.6. The summed E-state index contributed by atoms with van der Waals surface area (Å²) < 4.78 is 4.93. The van der Waals surface area contributed by atoms with Crippen LogP contribution in [0, 0.1) is 11.8 Å². The number of unbranched alkanes of at least 4 members (excludes halogenated alkanes) is 5. The zero-order valence-electron chi connectivity index (χ0n) is 18.6. The lowest BCUT2D eigenvalue weighted by atomic mass is 9.84. The number of rotatable bonds is 17. The molecule has 0 aliphatic heterocycles. The van der Waals surface area contributed by atoms with Gasteiger partial charge in [0.1, 0.15) is 6.10 Å². The molecule has 0 unspecified atom stereocenters. The van der Waals surface area contributed by atoms with Crippen molar-refractivity contribution in [3.05, 3.63) is 0 Å². The molecular weight excluding hydrogens is 388 g/mol. The van der Waals surface area contributed by atoms with Crippen LogP contribution in [0.2, 0.25) is 0 Å². The summed E-state index contributed by atoms with van der Waals surface area (Å²) in [5.41, 5.74) is 0. The molecule has 0 heterocycles. The molecule has 1 rings (SSSR count). The fourth-order valence-electron chi connectivity index (χ4n) is 4.52. The van der Waals surface area contributed by atoms with Gasteiger partial charge in [0.25, 0.3) is 0 Å². The van der Waals surface area contributed by atoms with Gasteiger partial charge in [-0.15, -0.1) is 0 Å². The third-order valence-corrected chi connectivity index (χ3v) is 6.37. The Morgan fingerprint density at radius 1 is 0.900 bits per heavy atom. The molecular formula is C23H44O7. The fourth-order valence-corrected chi connectivity index (χ4v) is 4.52. The predicted molar refractivity (Wildman–Crippen MR) is 115 cm³/mol. The predicted octanol–water partition coefficient (Wildman–Crippen LogP) is 2.30. The first-order valence-corrected chi connectivity index (χ1v) is 11.9. The van der Waals surface area contributed by atoms with E-state index in [1.165, 1.54) is 0 Å². The summed E-state index contributed by atoms with van der Waals surface area (Å²) in [6, 6.07) is 0. The van der Waals surface area contributed by atoms with Crippen molar-refractivity contribution in [1.29, 1.82) is 0 Å². The van der Waals surface area contributed by atoms with Gasteiger partial charge in [-0.25, -0.2) is 0 Å². The van der Waals surface area contributed by atoms with Gasteiger partial charge in [0.05, 0.1) is 31.5 Å². The van der Waals surface area contributed by atoms with Crippen molar-refractivity contribution in [2.75, 3.05) is 13.2 Å². The van der Waals surface area contributed by atoms with Gasteiger partial charge in [-0.05, 0) is 50.4 Å². The average Bonchev–Trinajstić information content (AvgIpc) is 2.99. The number of aliphatic hydroxyl groups excluding tert-OH is 5. The van der Waals surface area contributed by atoms with Crippen LogP contribution in [0.3, 0.4) is 0 Å². The van der Waals surface area contributed by atoms with Crippen LogP contribution in [0.1, 0.15) is 90.4 Å². The number of ether oxygens (including phenoxy) is 1. The normalized spacial score (nSPS) is 25.0. The minimum atomic E-state index is -0.838. The first kappa shape index (κ1) is 27.3. The van der Waals surface area contributed by atoms with Crippen molar-refractivity contribution < 1.29 is 35.1 Å². The van der Waals surface area contributed by atoms with E-state index in [9.17, 15) is 20.1 Å². The summed E-state index contributed by atoms with van der Waals surface area (Å²) in [6.07, 6.45) is 8.34. The molecule has 0 amide bonds. The van der Waals surface area contributed by atoms with Crippen molar-refractivity contribution in [2.45, 2.75) is 115 Å². The number of aliphatic hydroxyl groups is 5. The van der Waals surface area contributed by atoms with E-state index in [1.54, 1.807) is 0 Å². The number of hydrogen-bond acceptors (Lipinski definition) is 7. The second-order valence-corrected chi connectivity index (χ2v) is 8.85. The summed E-state index contributed by atoms with van der Waals surface area (Å²) in [5.74, 6) is -0.289. The Labute approximate surface area is 181 Å². The summed E-state index contributed by atoms with van der Waals surface area (Å²) >= 11 is 0. The maximum Gasteiger partial charge on any atom is 0.306 e. The molecule has 0 radical (unpaired) electrons. The summed E-state index contributed by atoms with van der Waals surface area (Å²) in [6.45, 7) is 1.38. The van der Waals surface area contributed by atoms with Crippen molar-refractivity contribution in [3.8, 4) is 0 Å². The Morgan fingerprint density at radius 2 is 1.53 bits per heavy atom. The number of carbonyl (C=O) groups excluding carboxylic acids is 1. The molecule has 0 spiro atoms. The van der Waals surface area contributed by atoms with Gasteiger partial charge >= 0.3 is 5.97 Å². The molecule has 7 heteroatoms. The quantitative estimate of drug-likeness (QED) is 0.176. The fraction of sp³-hybridized carbons (Fsp3) is 0.957.